The van der Waals surface area contributed by atoms with Gasteiger partial charge in [-0.05, 0) is 18.1 Å². The van der Waals surface area contributed by atoms with Gasteiger partial charge in [0.1, 0.15) is 6.04 Å². The molecule has 1 atom stereocenters. The summed E-state index contributed by atoms with van der Waals surface area (Å²) in [6.45, 7) is 2.60. The second kappa shape index (κ2) is 6.58. The molecule has 1 aliphatic heterocycles. The molecule has 0 bridgehead atoms. The zero-order valence-corrected chi connectivity index (χ0v) is 12.0. The Morgan fingerprint density at radius 2 is 2.00 bits per heavy atom. The number of carbonyl (C=O) groups is 2. The molecular weight excluding hydrogens is 272 g/mol. The number of likely N-dealkylation sites (N-methyl/N-ethyl adjacent to an activating group) is 1. The van der Waals surface area contributed by atoms with Crippen LogP contribution < -0.4 is 0 Å². The number of aliphatic hydroxyl groups is 1. The maximum absolute atomic E-state index is 12.5. The maximum atomic E-state index is 12.5. The highest BCUT2D eigenvalue weighted by atomic mass is 16.4. The van der Waals surface area contributed by atoms with Gasteiger partial charge in [-0.2, -0.15) is 0 Å². The molecule has 0 saturated heterocycles. The third kappa shape index (κ3) is 3.16. The zero-order valence-electron chi connectivity index (χ0n) is 12.0. The van der Waals surface area contributed by atoms with Crippen molar-refractivity contribution < 1.29 is 19.8 Å². The molecule has 0 unspecified atom stereocenters. The Morgan fingerprint density at radius 1 is 1.33 bits per heavy atom. The van der Waals surface area contributed by atoms with Crippen LogP contribution in [0.1, 0.15) is 18.1 Å². The second-order valence-electron chi connectivity index (χ2n) is 5.04. The summed E-state index contributed by atoms with van der Waals surface area (Å²) in [5.41, 5.74) is 1.95. The van der Waals surface area contributed by atoms with Gasteiger partial charge < -0.3 is 20.0 Å². The lowest BCUT2D eigenvalue weighted by molar-refractivity contribution is -0.142. The van der Waals surface area contributed by atoms with Crippen LogP contribution in [-0.2, 0) is 17.8 Å². The van der Waals surface area contributed by atoms with E-state index in [9.17, 15) is 14.7 Å². The molecule has 0 aromatic heterocycles. The van der Waals surface area contributed by atoms with Gasteiger partial charge in [-0.1, -0.05) is 24.3 Å². The van der Waals surface area contributed by atoms with E-state index in [4.69, 9.17) is 5.11 Å². The molecule has 1 aromatic carbocycles. The van der Waals surface area contributed by atoms with Crippen LogP contribution in [0.3, 0.4) is 0 Å². The maximum Gasteiger partial charge on any atom is 0.326 e. The monoisotopic (exact) mass is 292 g/mol. The van der Waals surface area contributed by atoms with Crippen LogP contribution in [0.25, 0.3) is 0 Å². The minimum atomic E-state index is -1.00. The third-order valence-corrected chi connectivity index (χ3v) is 3.80. The minimum Gasteiger partial charge on any atom is -0.480 e. The Bertz CT molecular complexity index is 532. The van der Waals surface area contributed by atoms with Crippen molar-refractivity contribution in [2.75, 3.05) is 19.7 Å². The summed E-state index contributed by atoms with van der Waals surface area (Å²) in [4.78, 5) is 26.8. The van der Waals surface area contributed by atoms with Gasteiger partial charge in [0.05, 0.1) is 6.61 Å². The molecule has 114 valence electrons. The van der Waals surface area contributed by atoms with E-state index < -0.39 is 12.0 Å². The van der Waals surface area contributed by atoms with Gasteiger partial charge in [0.25, 0.3) is 0 Å². The number of urea groups is 1. The van der Waals surface area contributed by atoms with E-state index >= 15 is 0 Å². The standard InChI is InChI=1S/C15H20N2O4/c1-2-16(7-8-18)15(21)17-10-12-6-4-3-5-11(12)9-13(17)14(19)20/h3-6,13,18H,2,7-10H2,1H3,(H,19,20)/t13-/m1/s1. The first-order chi connectivity index (χ1) is 10.1. The molecule has 1 aromatic rings. The topological polar surface area (TPSA) is 81.1 Å². The molecule has 6 nitrogen and oxygen atoms in total. The Labute approximate surface area is 123 Å². The number of hydrogen-bond donors (Lipinski definition) is 2. The number of rotatable bonds is 4. The molecule has 0 saturated carbocycles. The van der Waals surface area contributed by atoms with Gasteiger partial charge in [0, 0.05) is 26.1 Å². The Balaban J connectivity index is 2.28. The summed E-state index contributed by atoms with van der Waals surface area (Å²) in [6.07, 6.45) is 0.313. The van der Waals surface area contributed by atoms with Gasteiger partial charge in [0.2, 0.25) is 0 Å². The number of benzene rings is 1. The van der Waals surface area contributed by atoms with Crippen molar-refractivity contribution in [1.29, 1.82) is 0 Å². The van der Waals surface area contributed by atoms with Crippen molar-refractivity contribution in [2.45, 2.75) is 25.9 Å². The van der Waals surface area contributed by atoms with E-state index in [0.29, 0.717) is 13.0 Å². The highest BCUT2D eigenvalue weighted by Gasteiger charge is 2.36. The second-order valence-corrected chi connectivity index (χ2v) is 5.04. The van der Waals surface area contributed by atoms with E-state index in [2.05, 4.69) is 0 Å². The molecule has 6 heteroatoms. The third-order valence-electron chi connectivity index (χ3n) is 3.80. The van der Waals surface area contributed by atoms with E-state index in [-0.39, 0.29) is 25.7 Å². The van der Waals surface area contributed by atoms with E-state index in [1.165, 1.54) is 9.80 Å². The van der Waals surface area contributed by atoms with Crippen LogP contribution in [0.4, 0.5) is 4.79 Å². The Kier molecular flexibility index (Phi) is 4.80. The number of carboxylic acid groups (broad SMARTS) is 1. The lowest BCUT2D eigenvalue weighted by Gasteiger charge is -2.37. The summed E-state index contributed by atoms with van der Waals surface area (Å²) in [6, 6.07) is 6.37. The predicted molar refractivity (Wildman–Crippen MR) is 76.8 cm³/mol. The average Bonchev–Trinajstić information content (AvgIpc) is 2.50. The van der Waals surface area contributed by atoms with Gasteiger partial charge >= 0.3 is 12.0 Å². The van der Waals surface area contributed by atoms with Gasteiger partial charge in [-0.15, -0.1) is 0 Å². The fraction of sp³-hybridized carbons (Fsp3) is 0.467. The van der Waals surface area contributed by atoms with Crippen LogP contribution in [-0.4, -0.2) is 57.8 Å². The number of aliphatic hydroxyl groups excluding tert-OH is 1. The quantitative estimate of drug-likeness (QED) is 0.865. The van der Waals surface area contributed by atoms with Crippen molar-refractivity contribution in [3.05, 3.63) is 35.4 Å². The molecule has 1 aliphatic rings. The number of carboxylic acids is 1. The summed E-state index contributed by atoms with van der Waals surface area (Å²) in [5, 5.41) is 18.4. The minimum absolute atomic E-state index is 0.137. The van der Waals surface area contributed by atoms with Crippen molar-refractivity contribution in [3.63, 3.8) is 0 Å². The van der Waals surface area contributed by atoms with Crippen LogP contribution >= 0.6 is 0 Å². The number of hydrogen-bond acceptors (Lipinski definition) is 3. The lowest BCUT2D eigenvalue weighted by Crippen LogP contribution is -2.53. The summed E-state index contributed by atoms with van der Waals surface area (Å²) in [5.74, 6) is -1.00. The first kappa shape index (κ1) is 15.3. The van der Waals surface area contributed by atoms with E-state index in [0.717, 1.165) is 11.1 Å². The average molecular weight is 292 g/mol. The molecule has 0 radical (unpaired) electrons. The first-order valence-corrected chi connectivity index (χ1v) is 7.04. The fourth-order valence-electron chi connectivity index (χ4n) is 2.64. The SMILES string of the molecule is CCN(CCO)C(=O)N1Cc2ccccc2C[C@@H]1C(=O)O. The molecule has 0 fully saturated rings. The van der Waals surface area contributed by atoms with Crippen LogP contribution in [0.2, 0.25) is 0 Å². The van der Waals surface area contributed by atoms with Crippen molar-refractivity contribution >= 4 is 12.0 Å². The van der Waals surface area contributed by atoms with Crippen LogP contribution in [0.15, 0.2) is 24.3 Å². The highest BCUT2D eigenvalue weighted by molar-refractivity contribution is 5.83. The molecule has 2 amide bonds. The largest absolute Gasteiger partial charge is 0.480 e. The predicted octanol–water partition coefficient (Wildman–Crippen LogP) is 0.932. The van der Waals surface area contributed by atoms with Gasteiger partial charge in [-0.3, -0.25) is 0 Å². The van der Waals surface area contributed by atoms with Gasteiger partial charge in [0.15, 0.2) is 0 Å². The summed E-state index contributed by atoms with van der Waals surface area (Å²) >= 11 is 0. The Morgan fingerprint density at radius 3 is 2.57 bits per heavy atom. The van der Waals surface area contributed by atoms with Crippen molar-refractivity contribution in [1.82, 2.24) is 9.80 Å². The smallest absolute Gasteiger partial charge is 0.326 e. The molecule has 2 rings (SSSR count). The molecule has 0 aliphatic carbocycles. The van der Waals surface area contributed by atoms with Crippen molar-refractivity contribution in [3.8, 4) is 0 Å². The lowest BCUT2D eigenvalue weighted by atomic mass is 9.94. The Hall–Kier alpha value is -2.08. The van der Waals surface area contributed by atoms with E-state index in [1.54, 1.807) is 6.92 Å². The number of nitrogens with zero attached hydrogens (tertiary/aromatic N) is 2. The first-order valence-electron chi connectivity index (χ1n) is 7.04. The molecule has 2 N–H and O–H groups in total. The molecule has 1 heterocycles. The summed E-state index contributed by atoms with van der Waals surface area (Å²) < 4.78 is 0. The van der Waals surface area contributed by atoms with Crippen molar-refractivity contribution in [2.24, 2.45) is 0 Å². The highest BCUT2D eigenvalue weighted by Crippen LogP contribution is 2.24. The van der Waals surface area contributed by atoms with Gasteiger partial charge in [-0.25, -0.2) is 9.59 Å². The number of fused-ring (bicyclic) bond motifs is 1. The molecular formula is C15H20N2O4. The van der Waals surface area contributed by atoms with E-state index in [1.807, 2.05) is 24.3 Å². The summed E-state index contributed by atoms with van der Waals surface area (Å²) in [7, 11) is 0. The van der Waals surface area contributed by atoms with Crippen LogP contribution in [0.5, 0.6) is 0 Å². The number of aliphatic carboxylic acids is 1. The fourth-order valence-corrected chi connectivity index (χ4v) is 2.64. The number of carbonyl (C=O) groups excluding carboxylic acids is 1. The molecule has 21 heavy (non-hydrogen) atoms. The number of amides is 2. The normalized spacial score (nSPS) is 17.2. The molecule has 0 spiro atoms. The van der Waals surface area contributed by atoms with Crippen LogP contribution in [0, 0.1) is 0 Å². The zero-order chi connectivity index (χ0) is 15.4.